The normalized spacial score (nSPS) is 37.3. The molecule has 5 aliphatic heterocycles. The molecule has 33 heavy (non-hydrogen) atoms. The number of hydrogen-bond donors (Lipinski definition) is 1. The first-order valence-electron chi connectivity index (χ1n) is 11.7. The van der Waals surface area contributed by atoms with Crippen molar-refractivity contribution in [3.63, 3.8) is 0 Å². The van der Waals surface area contributed by atoms with E-state index in [2.05, 4.69) is 4.90 Å². The SMILES string of the molecule is CC(CO)N1C(=O)[C@@H]2[C@H]3C(=O)OCC=C[C@H]3OC23C=CCN(CCN2CCOCC2)C(=O)[C@@H]13. The maximum absolute atomic E-state index is 13.9. The maximum Gasteiger partial charge on any atom is 0.313 e. The quantitative estimate of drug-likeness (QED) is 0.402. The molecule has 0 aliphatic carbocycles. The van der Waals surface area contributed by atoms with E-state index in [9.17, 15) is 19.5 Å². The van der Waals surface area contributed by atoms with Crippen molar-refractivity contribution in [1.29, 1.82) is 0 Å². The van der Waals surface area contributed by atoms with Gasteiger partial charge in [0.25, 0.3) is 0 Å². The summed E-state index contributed by atoms with van der Waals surface area (Å²) < 4.78 is 17.1. The minimum absolute atomic E-state index is 0.132. The number of ether oxygens (including phenoxy) is 3. The first kappa shape index (κ1) is 22.5. The summed E-state index contributed by atoms with van der Waals surface area (Å²) in [6, 6.07) is -1.55. The number of fused-ring (bicyclic) bond motifs is 2. The highest BCUT2D eigenvalue weighted by Gasteiger charge is 2.72. The van der Waals surface area contributed by atoms with Crippen LogP contribution >= 0.6 is 0 Å². The van der Waals surface area contributed by atoms with Gasteiger partial charge in [0.15, 0.2) is 0 Å². The molecule has 2 amide bonds. The van der Waals surface area contributed by atoms with Crippen LogP contribution in [0.25, 0.3) is 0 Å². The third kappa shape index (κ3) is 3.60. The van der Waals surface area contributed by atoms with Crippen LogP contribution in [0.2, 0.25) is 0 Å². The molecule has 0 saturated carbocycles. The van der Waals surface area contributed by atoms with Crippen LogP contribution in [0.3, 0.4) is 0 Å². The zero-order chi connectivity index (χ0) is 23.2. The molecule has 5 aliphatic rings. The Balaban J connectivity index is 1.48. The molecule has 10 heteroatoms. The number of carbonyl (C=O) groups is 3. The van der Waals surface area contributed by atoms with Gasteiger partial charge < -0.3 is 29.1 Å². The zero-order valence-corrected chi connectivity index (χ0v) is 18.8. The second kappa shape index (κ2) is 8.83. The Labute approximate surface area is 192 Å². The number of aliphatic hydroxyl groups excluding tert-OH is 1. The van der Waals surface area contributed by atoms with Crippen molar-refractivity contribution in [2.45, 2.75) is 30.7 Å². The predicted octanol–water partition coefficient (Wildman–Crippen LogP) is -1.21. The van der Waals surface area contributed by atoms with Gasteiger partial charge in [-0.15, -0.1) is 0 Å². The second-order valence-corrected chi connectivity index (χ2v) is 9.32. The molecule has 1 N–H and O–H groups in total. The number of carbonyl (C=O) groups excluding carboxylic acids is 3. The van der Waals surface area contributed by atoms with Gasteiger partial charge in [-0.3, -0.25) is 19.3 Å². The third-order valence-corrected chi connectivity index (χ3v) is 7.46. The van der Waals surface area contributed by atoms with Gasteiger partial charge in [0.2, 0.25) is 11.8 Å². The van der Waals surface area contributed by atoms with E-state index in [1.54, 1.807) is 30.1 Å². The first-order valence-corrected chi connectivity index (χ1v) is 11.7. The Kier molecular flexibility index (Phi) is 6.02. The molecule has 3 fully saturated rings. The molecule has 3 saturated heterocycles. The average Bonchev–Trinajstić information content (AvgIpc) is 3.14. The number of rotatable bonds is 5. The van der Waals surface area contributed by atoms with Crippen LogP contribution in [0.5, 0.6) is 0 Å². The van der Waals surface area contributed by atoms with Crippen LogP contribution in [-0.4, -0.2) is 121 Å². The van der Waals surface area contributed by atoms with Crippen molar-refractivity contribution in [2.24, 2.45) is 11.8 Å². The van der Waals surface area contributed by atoms with Crippen LogP contribution < -0.4 is 0 Å². The molecule has 0 aromatic carbocycles. The van der Waals surface area contributed by atoms with Gasteiger partial charge in [-0.2, -0.15) is 0 Å². The molecule has 2 unspecified atom stereocenters. The van der Waals surface area contributed by atoms with E-state index in [0.717, 1.165) is 13.1 Å². The van der Waals surface area contributed by atoms with E-state index in [-0.39, 0.29) is 25.0 Å². The van der Waals surface area contributed by atoms with Crippen molar-refractivity contribution in [1.82, 2.24) is 14.7 Å². The second-order valence-electron chi connectivity index (χ2n) is 9.32. The van der Waals surface area contributed by atoms with E-state index >= 15 is 0 Å². The molecule has 10 nitrogen and oxygen atoms in total. The lowest BCUT2D eigenvalue weighted by atomic mass is 9.78. The summed E-state index contributed by atoms with van der Waals surface area (Å²) in [6.45, 7) is 6.14. The predicted molar refractivity (Wildman–Crippen MR) is 115 cm³/mol. The highest BCUT2D eigenvalue weighted by Crippen LogP contribution is 2.53. The first-order chi connectivity index (χ1) is 16.0. The van der Waals surface area contributed by atoms with Crippen molar-refractivity contribution in [3.8, 4) is 0 Å². The Morgan fingerprint density at radius 2 is 1.94 bits per heavy atom. The number of nitrogens with zero attached hydrogens (tertiary/aromatic N) is 3. The minimum Gasteiger partial charge on any atom is -0.461 e. The summed E-state index contributed by atoms with van der Waals surface area (Å²) in [5.41, 5.74) is -1.28. The van der Waals surface area contributed by atoms with Crippen molar-refractivity contribution >= 4 is 17.8 Å². The number of amides is 2. The van der Waals surface area contributed by atoms with Gasteiger partial charge in [-0.25, -0.2) is 0 Å². The summed E-state index contributed by atoms with van der Waals surface area (Å²) in [5.74, 6) is -2.78. The average molecular weight is 462 g/mol. The van der Waals surface area contributed by atoms with Crippen LogP contribution in [0.4, 0.5) is 0 Å². The monoisotopic (exact) mass is 461 g/mol. The summed E-state index contributed by atoms with van der Waals surface area (Å²) in [4.78, 5) is 45.9. The van der Waals surface area contributed by atoms with Gasteiger partial charge >= 0.3 is 5.97 Å². The van der Waals surface area contributed by atoms with E-state index in [0.29, 0.717) is 32.8 Å². The number of esters is 1. The number of aliphatic hydroxyl groups is 1. The zero-order valence-electron chi connectivity index (χ0n) is 18.8. The maximum atomic E-state index is 13.9. The highest BCUT2D eigenvalue weighted by molar-refractivity contribution is 5.99. The molecule has 0 aromatic rings. The number of hydrogen-bond acceptors (Lipinski definition) is 8. The molecule has 0 aromatic heterocycles. The molecule has 6 atom stereocenters. The van der Waals surface area contributed by atoms with E-state index < -0.39 is 41.6 Å². The molecule has 5 heterocycles. The fourth-order valence-electron chi connectivity index (χ4n) is 5.81. The van der Waals surface area contributed by atoms with Crippen LogP contribution in [-0.2, 0) is 28.6 Å². The van der Waals surface area contributed by atoms with Crippen LogP contribution in [0.1, 0.15) is 6.92 Å². The smallest absolute Gasteiger partial charge is 0.313 e. The molecule has 180 valence electrons. The van der Waals surface area contributed by atoms with Crippen molar-refractivity contribution < 1.29 is 33.7 Å². The number of likely N-dealkylation sites (tertiary alicyclic amines) is 1. The van der Waals surface area contributed by atoms with Gasteiger partial charge in [0, 0.05) is 32.7 Å². The number of cyclic esters (lactones) is 1. The Morgan fingerprint density at radius 1 is 1.15 bits per heavy atom. The van der Waals surface area contributed by atoms with Gasteiger partial charge in [-0.1, -0.05) is 18.2 Å². The summed E-state index contributed by atoms with van der Waals surface area (Å²) >= 11 is 0. The lowest BCUT2D eigenvalue weighted by molar-refractivity contribution is -0.154. The van der Waals surface area contributed by atoms with E-state index in [1.165, 1.54) is 4.90 Å². The standard InChI is InChI=1S/C23H31N3O7/c1-15(14-27)26-19-21(29)25(8-7-24-9-12-31-13-10-24)6-3-5-23(19)18(20(26)28)17-16(33-23)4-2-11-32-22(17)30/h2-5,15-19,27H,6-14H2,1H3/t15?,16-,17+,18+,19-,23?/m1/s1. The minimum atomic E-state index is -1.28. The van der Waals surface area contributed by atoms with Gasteiger partial charge in [-0.05, 0) is 13.0 Å². The van der Waals surface area contributed by atoms with E-state index in [1.807, 2.05) is 6.08 Å². The van der Waals surface area contributed by atoms with Crippen LogP contribution in [0, 0.1) is 11.8 Å². The lowest BCUT2D eigenvalue weighted by Crippen LogP contribution is -2.58. The fourth-order valence-corrected chi connectivity index (χ4v) is 5.81. The molecule has 0 bridgehead atoms. The van der Waals surface area contributed by atoms with Crippen molar-refractivity contribution in [3.05, 3.63) is 24.3 Å². The number of morpholine rings is 1. The Hall–Kier alpha value is -2.27. The van der Waals surface area contributed by atoms with Crippen molar-refractivity contribution in [2.75, 3.05) is 59.2 Å². The molecule has 5 rings (SSSR count). The van der Waals surface area contributed by atoms with Gasteiger partial charge in [0.1, 0.15) is 24.2 Å². The molecule has 1 spiro atoms. The molecular formula is C23H31N3O7. The molecular weight excluding hydrogens is 430 g/mol. The van der Waals surface area contributed by atoms with E-state index in [4.69, 9.17) is 14.2 Å². The summed E-state index contributed by atoms with van der Waals surface area (Å²) in [5, 5.41) is 9.89. The largest absolute Gasteiger partial charge is 0.461 e. The molecule has 0 radical (unpaired) electrons. The van der Waals surface area contributed by atoms with Crippen LogP contribution in [0.15, 0.2) is 24.3 Å². The Bertz CT molecular complexity index is 870. The summed E-state index contributed by atoms with van der Waals surface area (Å²) in [7, 11) is 0. The topological polar surface area (TPSA) is 109 Å². The highest BCUT2D eigenvalue weighted by atomic mass is 16.6. The Morgan fingerprint density at radius 3 is 2.70 bits per heavy atom. The lowest BCUT2D eigenvalue weighted by Gasteiger charge is -2.38. The third-order valence-electron chi connectivity index (χ3n) is 7.46. The summed E-state index contributed by atoms with van der Waals surface area (Å²) in [6.07, 6.45) is 6.49. The fraction of sp³-hybridized carbons (Fsp3) is 0.696. The van der Waals surface area contributed by atoms with Gasteiger partial charge in [0.05, 0.1) is 37.9 Å².